The molecule has 7 heteroatoms. The lowest BCUT2D eigenvalue weighted by Gasteiger charge is -2.37. The molecule has 3 rings (SSSR count). The molecule has 0 amide bonds. The van der Waals surface area contributed by atoms with E-state index in [1.807, 2.05) is 0 Å². The van der Waals surface area contributed by atoms with Crippen molar-refractivity contribution >= 4 is 29.2 Å². The molecule has 0 saturated heterocycles. The minimum Gasteiger partial charge on any atom is -0.486 e. The van der Waals surface area contributed by atoms with Crippen LogP contribution in [0.5, 0.6) is 5.75 Å². The van der Waals surface area contributed by atoms with Crippen molar-refractivity contribution in [3.63, 3.8) is 0 Å². The zero-order valence-corrected chi connectivity index (χ0v) is 22.5. The Labute approximate surface area is 218 Å². The molecule has 0 aromatic heterocycles. The van der Waals surface area contributed by atoms with Crippen molar-refractivity contribution in [1.82, 2.24) is 5.32 Å². The van der Waals surface area contributed by atoms with Crippen LogP contribution in [0.1, 0.15) is 69.6 Å². The Kier molecular flexibility index (Phi) is 9.50. The molecule has 2 aromatic carbocycles. The van der Waals surface area contributed by atoms with Crippen molar-refractivity contribution in [1.29, 1.82) is 0 Å². The second-order valence-corrected chi connectivity index (χ2v) is 10.6. The Morgan fingerprint density at radius 1 is 1.09 bits per heavy atom. The Morgan fingerprint density at radius 2 is 1.69 bits per heavy atom. The summed E-state index contributed by atoms with van der Waals surface area (Å²) >= 11 is 12.7. The average Bonchev–Trinajstić information content (AvgIpc) is 3.26. The molecule has 0 fully saturated rings. The first-order chi connectivity index (χ1) is 16.6. The predicted molar refractivity (Wildman–Crippen MR) is 142 cm³/mol. The van der Waals surface area contributed by atoms with Crippen LogP contribution < -0.4 is 10.1 Å². The van der Waals surface area contributed by atoms with Gasteiger partial charge in [0.1, 0.15) is 23.0 Å². The molecule has 3 atom stereocenters. The van der Waals surface area contributed by atoms with Crippen LogP contribution >= 0.6 is 23.2 Å². The number of carboxylic acid groups (broad SMARTS) is 1. The first-order valence-electron chi connectivity index (χ1n) is 12.5. The van der Waals surface area contributed by atoms with Gasteiger partial charge in [-0.3, -0.25) is 4.79 Å². The monoisotopic (exact) mass is 521 g/mol. The summed E-state index contributed by atoms with van der Waals surface area (Å²) in [5.74, 6) is -0.850. The number of nitrogens with one attached hydrogen (secondary N) is 1. The lowest BCUT2D eigenvalue weighted by molar-refractivity contribution is -0.138. The van der Waals surface area contributed by atoms with Gasteiger partial charge < -0.3 is 20.3 Å². The number of aliphatic carboxylic acids is 1. The van der Waals surface area contributed by atoms with Gasteiger partial charge in [0.25, 0.3) is 0 Å². The molecular weight excluding hydrogens is 485 g/mol. The van der Waals surface area contributed by atoms with Crippen LogP contribution in [0.3, 0.4) is 0 Å². The molecule has 0 bridgehead atoms. The van der Waals surface area contributed by atoms with E-state index in [4.69, 9.17) is 27.9 Å². The number of carbonyl (C=O) groups is 1. The zero-order chi connectivity index (χ0) is 25.8. The van der Waals surface area contributed by atoms with E-state index in [0.717, 1.165) is 32.1 Å². The molecule has 5 nitrogen and oxygen atoms in total. The van der Waals surface area contributed by atoms with Crippen molar-refractivity contribution in [2.45, 2.75) is 83.5 Å². The van der Waals surface area contributed by atoms with Crippen molar-refractivity contribution in [2.75, 3.05) is 6.54 Å². The van der Waals surface area contributed by atoms with Crippen LogP contribution in [0.25, 0.3) is 0 Å². The predicted octanol–water partition coefficient (Wildman–Crippen LogP) is 6.26. The van der Waals surface area contributed by atoms with Crippen molar-refractivity contribution in [2.24, 2.45) is 5.92 Å². The van der Waals surface area contributed by atoms with E-state index >= 15 is 0 Å². The van der Waals surface area contributed by atoms with Crippen LogP contribution in [-0.2, 0) is 17.6 Å². The summed E-state index contributed by atoms with van der Waals surface area (Å²) in [4.78, 5) is 11.3. The van der Waals surface area contributed by atoms with Gasteiger partial charge in [-0.25, -0.2) is 0 Å². The van der Waals surface area contributed by atoms with Crippen LogP contribution in [0.2, 0.25) is 10.0 Å². The Hall–Kier alpha value is -1.79. The smallest absolute Gasteiger partial charge is 0.310 e. The number of aliphatic hydroxyl groups excluding tert-OH is 1. The number of aliphatic hydroxyl groups is 1. The Balaban J connectivity index is 1.60. The van der Waals surface area contributed by atoms with Crippen LogP contribution in [0.4, 0.5) is 0 Å². The fourth-order valence-corrected chi connectivity index (χ4v) is 5.62. The van der Waals surface area contributed by atoms with Gasteiger partial charge in [0.05, 0.1) is 10.9 Å². The number of hydrogen-bond acceptors (Lipinski definition) is 4. The van der Waals surface area contributed by atoms with Gasteiger partial charge in [0.15, 0.2) is 0 Å². The third-order valence-corrected chi connectivity index (χ3v) is 8.50. The van der Waals surface area contributed by atoms with Gasteiger partial charge in [0, 0.05) is 12.1 Å². The molecule has 1 aliphatic carbocycles. The molecule has 0 saturated carbocycles. The molecule has 0 radical (unpaired) electrons. The number of halogens is 2. The molecule has 0 spiro atoms. The third kappa shape index (κ3) is 6.51. The van der Waals surface area contributed by atoms with Crippen molar-refractivity contribution in [3.05, 3.63) is 63.1 Å². The number of benzene rings is 2. The summed E-state index contributed by atoms with van der Waals surface area (Å²) in [6.07, 6.45) is 3.92. The van der Waals surface area contributed by atoms with E-state index in [2.05, 4.69) is 43.4 Å². The van der Waals surface area contributed by atoms with E-state index in [1.165, 1.54) is 11.1 Å². The second-order valence-electron chi connectivity index (χ2n) is 9.85. The summed E-state index contributed by atoms with van der Waals surface area (Å²) in [5.41, 5.74) is 3.29. The molecule has 1 aliphatic rings. The number of ether oxygens (including phenoxy) is 1. The zero-order valence-electron chi connectivity index (χ0n) is 21.0. The highest BCUT2D eigenvalue weighted by molar-refractivity contribution is 6.43. The molecule has 0 heterocycles. The maximum atomic E-state index is 11.3. The maximum Gasteiger partial charge on any atom is 0.310 e. The highest BCUT2D eigenvalue weighted by Crippen LogP contribution is 2.39. The van der Waals surface area contributed by atoms with Gasteiger partial charge >= 0.3 is 5.97 Å². The molecule has 192 valence electrons. The fourth-order valence-electron chi connectivity index (χ4n) is 5.08. The van der Waals surface area contributed by atoms with E-state index in [-0.39, 0.29) is 15.6 Å². The summed E-state index contributed by atoms with van der Waals surface area (Å²) in [7, 11) is 0. The number of hydrogen-bond donors (Lipinski definition) is 3. The topological polar surface area (TPSA) is 78.8 Å². The molecule has 35 heavy (non-hydrogen) atoms. The van der Waals surface area contributed by atoms with E-state index < -0.39 is 24.1 Å². The van der Waals surface area contributed by atoms with Gasteiger partial charge in [-0.2, -0.15) is 0 Å². The Bertz CT molecular complexity index is 999. The van der Waals surface area contributed by atoms with E-state index in [1.54, 1.807) is 26.0 Å². The normalized spacial score (nSPS) is 16.5. The standard InChI is InChI=1S/C28H37Cl2NO4/c1-5-28(6-2,15-19-13-20-9-7-8-10-21(20)14-19)31-16-23(32)18(4)35-24-12-11-22(17(3)27(33)34)25(29)26(24)30/h7-12,17-19,23,31-32H,5-6,13-16H2,1-4H3,(H,33,34)/t17?,18-,23+/m1/s1. The minimum absolute atomic E-state index is 0.0526. The lowest BCUT2D eigenvalue weighted by Crippen LogP contribution is -2.51. The molecule has 2 aromatic rings. The summed E-state index contributed by atoms with van der Waals surface area (Å²) < 4.78 is 5.94. The van der Waals surface area contributed by atoms with Crippen LogP contribution in [0.15, 0.2) is 36.4 Å². The number of carboxylic acids is 1. The number of β-amino-alcohol motifs (C(OH)–C–C–N with tert-alkyl or cyclic N) is 1. The van der Waals surface area contributed by atoms with E-state index in [0.29, 0.717) is 23.8 Å². The van der Waals surface area contributed by atoms with E-state index in [9.17, 15) is 15.0 Å². The number of rotatable bonds is 12. The molecule has 3 N–H and O–H groups in total. The maximum absolute atomic E-state index is 11.3. The summed E-state index contributed by atoms with van der Waals surface area (Å²) in [6.45, 7) is 8.13. The van der Waals surface area contributed by atoms with Gasteiger partial charge in [-0.1, -0.05) is 67.4 Å². The first-order valence-corrected chi connectivity index (χ1v) is 13.2. The minimum atomic E-state index is -0.983. The highest BCUT2D eigenvalue weighted by atomic mass is 35.5. The van der Waals surface area contributed by atoms with Crippen LogP contribution in [0, 0.1) is 5.92 Å². The van der Waals surface area contributed by atoms with Gasteiger partial charge in [-0.05, 0) is 74.6 Å². The molecular formula is C28H37Cl2NO4. The lowest BCUT2D eigenvalue weighted by atomic mass is 9.81. The van der Waals surface area contributed by atoms with Gasteiger partial charge in [0.2, 0.25) is 0 Å². The van der Waals surface area contributed by atoms with Crippen molar-refractivity contribution < 1.29 is 19.7 Å². The quantitative estimate of drug-likeness (QED) is 0.307. The fraction of sp³-hybridized carbons (Fsp3) is 0.536. The Morgan fingerprint density at radius 3 is 2.23 bits per heavy atom. The number of fused-ring (bicyclic) bond motifs is 1. The first kappa shape index (κ1) is 27.8. The molecule has 0 aliphatic heterocycles. The third-order valence-electron chi connectivity index (χ3n) is 7.62. The average molecular weight is 523 g/mol. The van der Waals surface area contributed by atoms with Crippen molar-refractivity contribution in [3.8, 4) is 5.75 Å². The SMILES string of the molecule is CCC(CC)(CC1Cc2ccccc2C1)NC[C@H](O)[C@@H](C)Oc1ccc(C(C)C(=O)O)c(Cl)c1Cl. The largest absolute Gasteiger partial charge is 0.486 e. The van der Waals surface area contributed by atoms with Crippen LogP contribution in [-0.4, -0.2) is 40.5 Å². The second kappa shape index (κ2) is 12.0. The van der Waals surface area contributed by atoms with Gasteiger partial charge in [-0.15, -0.1) is 0 Å². The molecule has 1 unspecified atom stereocenters. The summed E-state index contributed by atoms with van der Waals surface area (Å²) in [6, 6.07) is 11.9. The summed E-state index contributed by atoms with van der Waals surface area (Å²) in [5, 5.41) is 24.1. The highest BCUT2D eigenvalue weighted by Gasteiger charge is 2.33.